The van der Waals surface area contributed by atoms with Crippen LogP contribution in [-0.2, 0) is 27.7 Å². The van der Waals surface area contributed by atoms with E-state index in [9.17, 15) is 13.2 Å². The molecule has 1 aromatic heterocycles. The lowest BCUT2D eigenvalue weighted by atomic mass is 10.1. The zero-order valence-corrected chi connectivity index (χ0v) is 22.2. The van der Waals surface area contributed by atoms with E-state index in [1.165, 1.54) is 15.6 Å². The number of hydrogen-bond acceptors (Lipinski definition) is 5. The molecule has 0 saturated carbocycles. The number of thiazole rings is 1. The second-order valence-electron chi connectivity index (χ2n) is 8.68. The van der Waals surface area contributed by atoms with Crippen molar-refractivity contribution in [3.05, 3.63) is 93.3 Å². The van der Waals surface area contributed by atoms with E-state index < -0.39 is 10.0 Å². The lowest BCUT2D eigenvalue weighted by Crippen LogP contribution is -2.29. The zero-order chi connectivity index (χ0) is 25.4. The fourth-order valence-electron chi connectivity index (χ4n) is 4.43. The highest BCUT2D eigenvalue weighted by molar-refractivity contribution is 7.93. The number of aromatic nitrogens is 1. The number of anilines is 2. The van der Waals surface area contributed by atoms with Gasteiger partial charge in [0.2, 0.25) is 5.91 Å². The van der Waals surface area contributed by atoms with Gasteiger partial charge in [-0.25, -0.2) is 13.4 Å². The van der Waals surface area contributed by atoms with Crippen molar-refractivity contribution in [1.82, 2.24) is 4.98 Å². The van der Waals surface area contributed by atoms with Gasteiger partial charge in [-0.15, -0.1) is 11.3 Å². The number of halogens is 1. The van der Waals surface area contributed by atoms with E-state index in [0.29, 0.717) is 33.7 Å². The minimum absolute atomic E-state index is 0.164. The van der Waals surface area contributed by atoms with Gasteiger partial charge in [-0.3, -0.25) is 9.10 Å². The van der Waals surface area contributed by atoms with Crippen LogP contribution in [0.4, 0.5) is 10.8 Å². The SMILES string of the molecule is Cc1ccccc1S(=O)(=O)N1CCc2cc(-c3nc(NC(=O)Cc4ccccc4Cl)sc3C)ccc21. The molecule has 0 saturated heterocycles. The van der Waals surface area contributed by atoms with E-state index in [2.05, 4.69) is 10.3 Å². The molecule has 1 amide bonds. The van der Waals surface area contributed by atoms with Gasteiger partial charge in [0.1, 0.15) is 0 Å². The van der Waals surface area contributed by atoms with E-state index in [1.54, 1.807) is 18.2 Å². The number of nitrogens with zero attached hydrogens (tertiary/aromatic N) is 2. The minimum Gasteiger partial charge on any atom is -0.302 e. The molecule has 0 spiro atoms. The number of hydrogen-bond donors (Lipinski definition) is 1. The highest BCUT2D eigenvalue weighted by Gasteiger charge is 2.32. The summed E-state index contributed by atoms with van der Waals surface area (Å²) in [6, 6.07) is 20.0. The van der Waals surface area contributed by atoms with Crippen molar-refractivity contribution >= 4 is 49.7 Å². The van der Waals surface area contributed by atoms with Gasteiger partial charge in [0.15, 0.2) is 5.13 Å². The third-order valence-electron chi connectivity index (χ3n) is 6.22. The molecule has 0 bridgehead atoms. The predicted molar refractivity (Wildman–Crippen MR) is 145 cm³/mol. The third-order valence-corrected chi connectivity index (χ3v) is 9.45. The molecule has 0 unspecified atom stereocenters. The average Bonchev–Trinajstić information content (AvgIpc) is 3.43. The first kappa shape index (κ1) is 24.5. The van der Waals surface area contributed by atoms with Crippen molar-refractivity contribution in [2.24, 2.45) is 0 Å². The van der Waals surface area contributed by atoms with E-state index in [0.717, 1.165) is 32.8 Å². The maximum atomic E-state index is 13.4. The summed E-state index contributed by atoms with van der Waals surface area (Å²) in [6.07, 6.45) is 0.788. The van der Waals surface area contributed by atoms with Crippen LogP contribution in [0.5, 0.6) is 0 Å². The Balaban J connectivity index is 1.37. The van der Waals surface area contributed by atoms with Gasteiger partial charge in [-0.1, -0.05) is 54.1 Å². The van der Waals surface area contributed by atoms with Gasteiger partial charge >= 0.3 is 0 Å². The summed E-state index contributed by atoms with van der Waals surface area (Å²) in [7, 11) is -3.64. The summed E-state index contributed by atoms with van der Waals surface area (Å²) < 4.78 is 28.2. The van der Waals surface area contributed by atoms with Crippen LogP contribution in [0.25, 0.3) is 11.3 Å². The molecule has 0 atom stereocenters. The molecule has 5 rings (SSSR count). The number of aryl methyl sites for hydroxylation is 2. The van der Waals surface area contributed by atoms with Crippen molar-refractivity contribution in [2.75, 3.05) is 16.2 Å². The van der Waals surface area contributed by atoms with Gasteiger partial charge < -0.3 is 5.32 Å². The molecule has 4 aromatic rings. The Labute approximate surface area is 219 Å². The topological polar surface area (TPSA) is 79.4 Å². The molecule has 0 aliphatic carbocycles. The monoisotopic (exact) mass is 537 g/mol. The Morgan fingerprint density at radius 2 is 1.83 bits per heavy atom. The molecule has 6 nitrogen and oxygen atoms in total. The van der Waals surface area contributed by atoms with Crippen LogP contribution >= 0.6 is 22.9 Å². The number of carbonyl (C=O) groups excluding carboxylic acids is 1. The predicted octanol–water partition coefficient (Wildman–Crippen LogP) is 6.01. The molecule has 1 aliphatic rings. The Morgan fingerprint density at radius 1 is 1.08 bits per heavy atom. The number of rotatable bonds is 6. The molecule has 0 radical (unpaired) electrons. The smallest absolute Gasteiger partial charge is 0.264 e. The first-order chi connectivity index (χ1) is 17.2. The number of nitrogens with one attached hydrogen (secondary N) is 1. The van der Waals surface area contributed by atoms with Crippen LogP contribution in [0, 0.1) is 13.8 Å². The summed E-state index contributed by atoms with van der Waals surface area (Å²) in [5, 5.41) is 3.95. The zero-order valence-electron chi connectivity index (χ0n) is 19.8. The van der Waals surface area contributed by atoms with Crippen LogP contribution in [0.1, 0.15) is 21.6 Å². The molecule has 3 aromatic carbocycles. The van der Waals surface area contributed by atoms with Crippen molar-refractivity contribution in [1.29, 1.82) is 0 Å². The Morgan fingerprint density at radius 3 is 2.61 bits per heavy atom. The average molecular weight is 538 g/mol. The molecule has 1 aliphatic heterocycles. The first-order valence-corrected chi connectivity index (χ1v) is 14.1. The molecule has 184 valence electrons. The number of sulfonamides is 1. The van der Waals surface area contributed by atoms with E-state index in [-0.39, 0.29) is 12.3 Å². The second kappa shape index (κ2) is 9.69. The Bertz CT molecular complexity index is 1580. The molecule has 2 heterocycles. The largest absolute Gasteiger partial charge is 0.302 e. The summed E-state index contributed by atoms with van der Waals surface area (Å²) in [5.74, 6) is -0.186. The summed E-state index contributed by atoms with van der Waals surface area (Å²) >= 11 is 7.58. The van der Waals surface area contributed by atoms with Gasteiger partial charge in [-0.05, 0) is 61.2 Å². The normalized spacial score (nSPS) is 13.0. The van der Waals surface area contributed by atoms with E-state index in [1.807, 2.05) is 62.4 Å². The van der Waals surface area contributed by atoms with Crippen molar-refractivity contribution in [3.63, 3.8) is 0 Å². The van der Waals surface area contributed by atoms with Crippen molar-refractivity contribution in [2.45, 2.75) is 31.6 Å². The van der Waals surface area contributed by atoms with Crippen LogP contribution in [-0.4, -0.2) is 25.9 Å². The van der Waals surface area contributed by atoms with Gasteiger partial charge in [0.25, 0.3) is 10.0 Å². The Kier molecular flexibility index (Phi) is 6.59. The standard InChI is InChI=1S/C27H24ClN3O3S2/c1-17-7-3-6-10-24(17)36(33,34)31-14-13-20-15-21(11-12-23(20)31)26-18(2)35-27(30-26)29-25(32)16-19-8-4-5-9-22(19)28/h3-12,15H,13-14,16H2,1-2H3,(H,29,30,32). The summed E-state index contributed by atoms with van der Waals surface area (Å²) in [6.45, 7) is 4.16. The number of fused-ring (bicyclic) bond motifs is 1. The quantitative estimate of drug-likeness (QED) is 0.326. The number of benzene rings is 3. The Hall–Kier alpha value is -3.20. The molecule has 0 fully saturated rings. The van der Waals surface area contributed by atoms with E-state index in [4.69, 9.17) is 11.6 Å². The third kappa shape index (κ3) is 4.64. The van der Waals surface area contributed by atoms with Gasteiger partial charge in [0, 0.05) is 22.0 Å². The number of amides is 1. The van der Waals surface area contributed by atoms with Gasteiger partial charge in [-0.2, -0.15) is 0 Å². The maximum Gasteiger partial charge on any atom is 0.264 e. The summed E-state index contributed by atoms with van der Waals surface area (Å²) in [4.78, 5) is 18.5. The molecule has 9 heteroatoms. The van der Waals surface area contributed by atoms with Crippen molar-refractivity contribution < 1.29 is 13.2 Å². The highest BCUT2D eigenvalue weighted by atomic mass is 35.5. The second-order valence-corrected chi connectivity index (χ2v) is 12.1. The van der Waals surface area contributed by atoms with E-state index >= 15 is 0 Å². The highest BCUT2D eigenvalue weighted by Crippen LogP contribution is 2.38. The fraction of sp³-hybridized carbons (Fsp3) is 0.185. The van der Waals surface area contributed by atoms with Crippen LogP contribution < -0.4 is 9.62 Å². The maximum absolute atomic E-state index is 13.4. The summed E-state index contributed by atoms with van der Waals surface area (Å²) in [5.41, 5.74) is 4.81. The lowest BCUT2D eigenvalue weighted by Gasteiger charge is -2.21. The van der Waals surface area contributed by atoms with Crippen LogP contribution in [0.15, 0.2) is 71.6 Å². The van der Waals surface area contributed by atoms with Gasteiger partial charge in [0.05, 0.1) is 22.7 Å². The lowest BCUT2D eigenvalue weighted by molar-refractivity contribution is -0.115. The van der Waals surface area contributed by atoms with Crippen LogP contribution in [0.2, 0.25) is 5.02 Å². The molecular weight excluding hydrogens is 514 g/mol. The molecular formula is C27H24ClN3O3S2. The fourth-order valence-corrected chi connectivity index (χ4v) is 7.22. The first-order valence-electron chi connectivity index (χ1n) is 11.5. The number of carbonyl (C=O) groups is 1. The molecule has 36 heavy (non-hydrogen) atoms. The van der Waals surface area contributed by atoms with Crippen molar-refractivity contribution in [3.8, 4) is 11.3 Å². The van der Waals surface area contributed by atoms with Crippen LogP contribution in [0.3, 0.4) is 0 Å². The molecule has 1 N–H and O–H groups in total. The minimum atomic E-state index is -3.64.